The van der Waals surface area contributed by atoms with Crippen molar-refractivity contribution in [3.05, 3.63) is 36.3 Å². The van der Waals surface area contributed by atoms with Gasteiger partial charge < -0.3 is 15.1 Å². The first kappa shape index (κ1) is 16.5. The van der Waals surface area contributed by atoms with Gasteiger partial charge in [-0.05, 0) is 39.8 Å². The van der Waals surface area contributed by atoms with Crippen LogP contribution in [0.1, 0.15) is 26.6 Å². The molecule has 6 heteroatoms. The van der Waals surface area contributed by atoms with E-state index in [1.54, 1.807) is 0 Å². The molecule has 0 aliphatic carbocycles. The lowest BCUT2D eigenvalue weighted by Crippen LogP contribution is -2.47. The Balaban J connectivity index is 1.70. The Bertz CT molecular complexity index is 672. The van der Waals surface area contributed by atoms with E-state index < -0.39 is 0 Å². The summed E-state index contributed by atoms with van der Waals surface area (Å²) in [6, 6.07) is 8.10. The molecular formula is C18H26N6. The number of nitrogens with one attached hydrogen (secondary N) is 1. The molecule has 2 aromatic rings. The number of hydrogen-bond donors (Lipinski definition) is 1. The lowest BCUT2D eigenvalue weighted by molar-refractivity contribution is 0.626. The molecule has 1 fully saturated rings. The highest BCUT2D eigenvalue weighted by Gasteiger charge is 2.20. The van der Waals surface area contributed by atoms with Gasteiger partial charge in [0.05, 0.1) is 0 Å². The van der Waals surface area contributed by atoms with E-state index >= 15 is 0 Å². The standard InChI is InChI=1S/C18H26N6/c1-14-20-15(22-18(2,3)4)13-17(21-14)24-11-9-23(10-12-24)16-7-5-6-8-19-16/h5-8,13H,9-12H2,1-4H3,(H,20,21,22). The van der Waals surface area contributed by atoms with Crippen molar-refractivity contribution >= 4 is 17.5 Å². The molecule has 1 aliphatic rings. The number of anilines is 3. The first-order valence-electron chi connectivity index (χ1n) is 8.45. The van der Waals surface area contributed by atoms with Crippen LogP contribution in [-0.4, -0.2) is 46.7 Å². The predicted molar refractivity (Wildman–Crippen MR) is 98.8 cm³/mol. The van der Waals surface area contributed by atoms with Gasteiger partial charge in [0.1, 0.15) is 23.3 Å². The van der Waals surface area contributed by atoms with Crippen LogP contribution in [0.15, 0.2) is 30.5 Å². The van der Waals surface area contributed by atoms with Crippen molar-refractivity contribution in [1.82, 2.24) is 15.0 Å². The molecule has 1 N–H and O–H groups in total. The summed E-state index contributed by atoms with van der Waals surface area (Å²) in [7, 11) is 0. The number of aromatic nitrogens is 3. The van der Waals surface area contributed by atoms with Crippen LogP contribution in [-0.2, 0) is 0 Å². The molecule has 0 aromatic carbocycles. The van der Waals surface area contributed by atoms with Gasteiger partial charge in [0.15, 0.2) is 0 Å². The molecule has 24 heavy (non-hydrogen) atoms. The van der Waals surface area contributed by atoms with Crippen molar-refractivity contribution in [2.45, 2.75) is 33.2 Å². The van der Waals surface area contributed by atoms with Gasteiger partial charge in [0.2, 0.25) is 0 Å². The maximum absolute atomic E-state index is 4.63. The maximum atomic E-state index is 4.63. The summed E-state index contributed by atoms with van der Waals surface area (Å²) in [5, 5.41) is 3.44. The molecule has 0 spiro atoms. The van der Waals surface area contributed by atoms with E-state index in [-0.39, 0.29) is 5.54 Å². The highest BCUT2D eigenvalue weighted by molar-refractivity contribution is 5.52. The molecule has 1 aliphatic heterocycles. The molecule has 0 radical (unpaired) electrons. The van der Waals surface area contributed by atoms with E-state index in [0.29, 0.717) is 0 Å². The fourth-order valence-electron chi connectivity index (χ4n) is 2.87. The second kappa shape index (κ2) is 6.63. The topological polar surface area (TPSA) is 57.2 Å². The summed E-state index contributed by atoms with van der Waals surface area (Å²) in [5.41, 5.74) is -0.0181. The molecule has 0 unspecified atom stereocenters. The van der Waals surface area contributed by atoms with E-state index in [0.717, 1.165) is 49.5 Å². The SMILES string of the molecule is Cc1nc(NC(C)(C)C)cc(N2CCN(c3ccccn3)CC2)n1. The lowest BCUT2D eigenvalue weighted by atomic mass is 10.1. The third-order valence-corrected chi connectivity index (χ3v) is 3.90. The van der Waals surface area contributed by atoms with Crippen LogP contribution >= 0.6 is 0 Å². The minimum absolute atomic E-state index is 0.0181. The van der Waals surface area contributed by atoms with Crippen LogP contribution in [0.3, 0.4) is 0 Å². The molecule has 3 heterocycles. The number of hydrogen-bond acceptors (Lipinski definition) is 6. The van der Waals surface area contributed by atoms with Crippen LogP contribution in [0, 0.1) is 6.92 Å². The van der Waals surface area contributed by atoms with Crippen LogP contribution in [0.5, 0.6) is 0 Å². The number of nitrogens with zero attached hydrogens (tertiary/aromatic N) is 5. The first-order chi connectivity index (χ1) is 11.4. The molecule has 1 saturated heterocycles. The fourth-order valence-corrected chi connectivity index (χ4v) is 2.87. The normalized spacial score (nSPS) is 15.5. The summed E-state index contributed by atoms with van der Waals surface area (Å²) in [5.74, 6) is 3.73. The summed E-state index contributed by atoms with van der Waals surface area (Å²) in [4.78, 5) is 18.2. The third-order valence-electron chi connectivity index (χ3n) is 3.90. The minimum atomic E-state index is -0.0181. The highest BCUT2D eigenvalue weighted by atomic mass is 15.3. The predicted octanol–water partition coefficient (Wildman–Crippen LogP) is 2.72. The first-order valence-corrected chi connectivity index (χ1v) is 8.45. The van der Waals surface area contributed by atoms with Gasteiger partial charge in [-0.15, -0.1) is 0 Å². The Labute approximate surface area is 143 Å². The highest BCUT2D eigenvalue weighted by Crippen LogP contribution is 2.21. The average Bonchev–Trinajstić information content (AvgIpc) is 2.54. The second-order valence-corrected chi connectivity index (χ2v) is 7.20. The minimum Gasteiger partial charge on any atom is -0.365 e. The Hall–Kier alpha value is -2.37. The Morgan fingerprint density at radius 2 is 1.62 bits per heavy atom. The van der Waals surface area contributed by atoms with Gasteiger partial charge in [-0.1, -0.05) is 6.07 Å². The summed E-state index contributed by atoms with van der Waals surface area (Å²) in [6.07, 6.45) is 1.85. The Kier molecular flexibility index (Phi) is 4.55. The third kappa shape index (κ3) is 4.13. The van der Waals surface area contributed by atoms with Crippen molar-refractivity contribution in [3.8, 4) is 0 Å². The second-order valence-electron chi connectivity index (χ2n) is 7.20. The fraction of sp³-hybridized carbons (Fsp3) is 0.500. The van der Waals surface area contributed by atoms with Crippen molar-refractivity contribution in [1.29, 1.82) is 0 Å². The molecule has 6 nitrogen and oxygen atoms in total. The summed E-state index contributed by atoms with van der Waals surface area (Å²) >= 11 is 0. The van der Waals surface area contributed by atoms with Gasteiger partial charge in [-0.25, -0.2) is 15.0 Å². The Morgan fingerprint density at radius 3 is 2.21 bits per heavy atom. The number of pyridine rings is 1. The van der Waals surface area contributed by atoms with Crippen LogP contribution in [0.25, 0.3) is 0 Å². The van der Waals surface area contributed by atoms with E-state index in [4.69, 9.17) is 0 Å². The molecule has 0 amide bonds. The van der Waals surface area contributed by atoms with Gasteiger partial charge in [0, 0.05) is 44.0 Å². The van der Waals surface area contributed by atoms with Crippen molar-refractivity contribution in [3.63, 3.8) is 0 Å². The molecule has 128 valence electrons. The zero-order chi connectivity index (χ0) is 17.2. The molecular weight excluding hydrogens is 300 g/mol. The maximum Gasteiger partial charge on any atom is 0.134 e. The van der Waals surface area contributed by atoms with Crippen molar-refractivity contribution in [2.75, 3.05) is 41.3 Å². The van der Waals surface area contributed by atoms with Crippen LogP contribution in [0.2, 0.25) is 0 Å². The number of aryl methyl sites for hydroxylation is 1. The lowest BCUT2D eigenvalue weighted by Gasteiger charge is -2.36. The van der Waals surface area contributed by atoms with E-state index in [1.807, 2.05) is 25.3 Å². The molecule has 0 bridgehead atoms. The average molecular weight is 326 g/mol. The van der Waals surface area contributed by atoms with E-state index in [2.05, 4.69) is 63.0 Å². The quantitative estimate of drug-likeness (QED) is 0.936. The molecule has 3 rings (SSSR count). The smallest absolute Gasteiger partial charge is 0.134 e. The number of rotatable bonds is 3. The molecule has 0 atom stereocenters. The van der Waals surface area contributed by atoms with Gasteiger partial charge in [-0.2, -0.15) is 0 Å². The van der Waals surface area contributed by atoms with Gasteiger partial charge in [-0.3, -0.25) is 0 Å². The zero-order valence-electron chi connectivity index (χ0n) is 15.0. The zero-order valence-corrected chi connectivity index (χ0v) is 15.0. The van der Waals surface area contributed by atoms with Gasteiger partial charge in [0.25, 0.3) is 0 Å². The summed E-state index contributed by atoms with van der Waals surface area (Å²) < 4.78 is 0. The van der Waals surface area contributed by atoms with E-state index in [9.17, 15) is 0 Å². The van der Waals surface area contributed by atoms with Crippen molar-refractivity contribution in [2.24, 2.45) is 0 Å². The molecule has 2 aromatic heterocycles. The van der Waals surface area contributed by atoms with Gasteiger partial charge >= 0.3 is 0 Å². The largest absolute Gasteiger partial charge is 0.365 e. The van der Waals surface area contributed by atoms with E-state index in [1.165, 1.54) is 0 Å². The molecule has 0 saturated carbocycles. The van der Waals surface area contributed by atoms with Crippen molar-refractivity contribution < 1.29 is 0 Å². The number of piperazine rings is 1. The van der Waals surface area contributed by atoms with Crippen LogP contribution in [0.4, 0.5) is 17.5 Å². The Morgan fingerprint density at radius 1 is 0.958 bits per heavy atom. The monoisotopic (exact) mass is 326 g/mol. The summed E-state index contributed by atoms with van der Waals surface area (Å²) in [6.45, 7) is 12.1. The van der Waals surface area contributed by atoms with Crippen LogP contribution < -0.4 is 15.1 Å².